The minimum Gasteiger partial charge on any atom is -0.477 e. The molecular weight excluding hydrogens is 303 g/mol. The number of hydrogen-bond donors (Lipinski definition) is 0. The van der Waals surface area contributed by atoms with E-state index in [9.17, 15) is 9.18 Å². The molecule has 0 amide bonds. The molecule has 0 aliphatic heterocycles. The Morgan fingerprint density at radius 3 is 2.67 bits per heavy atom. The van der Waals surface area contributed by atoms with Gasteiger partial charge in [-0.1, -0.05) is 13.8 Å². The Morgan fingerprint density at radius 1 is 1.44 bits per heavy atom. The molecule has 1 aromatic rings. The third kappa shape index (κ3) is 4.29. The normalized spacial score (nSPS) is 12.3. The molecule has 0 bridgehead atoms. The van der Waals surface area contributed by atoms with Crippen LogP contribution < -0.4 is 4.74 Å². The number of carbonyl (C=O) groups is 1. The molecule has 0 unspecified atom stereocenters. The molecule has 0 fully saturated rings. The monoisotopic (exact) mass is 318 g/mol. The number of methoxy groups -OCH3 is 1. The molecule has 5 heteroatoms. The summed E-state index contributed by atoms with van der Waals surface area (Å²) in [5.74, 6) is -0.311. The van der Waals surface area contributed by atoms with Gasteiger partial charge in [0.15, 0.2) is 6.10 Å². The van der Waals surface area contributed by atoms with Crippen LogP contribution >= 0.6 is 15.9 Å². The van der Waals surface area contributed by atoms with E-state index in [0.717, 1.165) is 0 Å². The smallest absolute Gasteiger partial charge is 0.347 e. The van der Waals surface area contributed by atoms with Crippen LogP contribution in [0.4, 0.5) is 4.39 Å². The fourth-order valence-electron chi connectivity index (χ4n) is 1.47. The predicted molar refractivity (Wildman–Crippen MR) is 70.0 cm³/mol. The first-order valence-corrected chi connectivity index (χ1v) is 6.43. The van der Waals surface area contributed by atoms with Crippen molar-refractivity contribution in [2.75, 3.05) is 7.11 Å². The standard InChI is InChI=1S/C13H16BrFO3/c1-8(2)6-12(13(16)17-3)18-11-7-9(15)4-5-10(11)14/h4-5,7-8,12H,6H2,1-3H3/t12-/m0/s1. The van der Waals surface area contributed by atoms with Crippen LogP contribution in [-0.2, 0) is 9.53 Å². The van der Waals surface area contributed by atoms with E-state index in [-0.39, 0.29) is 5.92 Å². The molecule has 3 nitrogen and oxygen atoms in total. The highest BCUT2D eigenvalue weighted by atomic mass is 79.9. The van der Waals surface area contributed by atoms with Gasteiger partial charge in [0.2, 0.25) is 0 Å². The van der Waals surface area contributed by atoms with Gasteiger partial charge in [0, 0.05) is 6.07 Å². The zero-order valence-electron chi connectivity index (χ0n) is 10.6. The third-order valence-electron chi connectivity index (χ3n) is 2.31. The Bertz CT molecular complexity index is 421. The van der Waals surface area contributed by atoms with Gasteiger partial charge in [-0.25, -0.2) is 9.18 Å². The van der Waals surface area contributed by atoms with E-state index in [1.807, 2.05) is 13.8 Å². The first-order valence-electron chi connectivity index (χ1n) is 5.63. The molecule has 18 heavy (non-hydrogen) atoms. The van der Waals surface area contributed by atoms with Crippen LogP contribution in [0.15, 0.2) is 22.7 Å². The van der Waals surface area contributed by atoms with E-state index in [0.29, 0.717) is 16.6 Å². The van der Waals surface area contributed by atoms with Gasteiger partial charge in [-0.15, -0.1) is 0 Å². The van der Waals surface area contributed by atoms with E-state index in [1.54, 1.807) is 0 Å². The zero-order valence-corrected chi connectivity index (χ0v) is 12.2. The quantitative estimate of drug-likeness (QED) is 0.779. The first kappa shape index (κ1) is 15.0. The van der Waals surface area contributed by atoms with Crippen molar-refractivity contribution in [2.24, 2.45) is 5.92 Å². The molecule has 0 aliphatic rings. The lowest BCUT2D eigenvalue weighted by Gasteiger charge is -2.19. The molecule has 0 N–H and O–H groups in total. The van der Waals surface area contributed by atoms with Gasteiger partial charge < -0.3 is 9.47 Å². The number of carbonyl (C=O) groups excluding carboxylic acids is 1. The molecule has 0 heterocycles. The molecule has 1 rings (SSSR count). The summed E-state index contributed by atoms with van der Waals surface area (Å²) in [7, 11) is 1.31. The lowest BCUT2D eigenvalue weighted by molar-refractivity contribution is -0.149. The Labute approximate surface area is 114 Å². The maximum absolute atomic E-state index is 13.1. The number of ether oxygens (including phenoxy) is 2. The molecule has 0 radical (unpaired) electrons. The molecule has 0 spiro atoms. The second-order valence-corrected chi connectivity index (χ2v) is 5.19. The van der Waals surface area contributed by atoms with Crippen LogP contribution in [0.3, 0.4) is 0 Å². The number of benzene rings is 1. The van der Waals surface area contributed by atoms with E-state index >= 15 is 0 Å². The van der Waals surface area contributed by atoms with Crippen molar-refractivity contribution >= 4 is 21.9 Å². The van der Waals surface area contributed by atoms with Gasteiger partial charge in [0.05, 0.1) is 11.6 Å². The van der Waals surface area contributed by atoms with Gasteiger partial charge >= 0.3 is 5.97 Å². The maximum Gasteiger partial charge on any atom is 0.347 e. The lowest BCUT2D eigenvalue weighted by Crippen LogP contribution is -2.30. The maximum atomic E-state index is 13.1. The molecule has 0 aliphatic carbocycles. The Balaban J connectivity index is 2.88. The van der Waals surface area contributed by atoms with Crippen molar-refractivity contribution in [2.45, 2.75) is 26.4 Å². The van der Waals surface area contributed by atoms with Gasteiger partial charge in [-0.3, -0.25) is 0 Å². The highest BCUT2D eigenvalue weighted by molar-refractivity contribution is 9.10. The third-order valence-corrected chi connectivity index (χ3v) is 2.97. The van der Waals surface area contributed by atoms with Gasteiger partial charge in [-0.05, 0) is 40.4 Å². The van der Waals surface area contributed by atoms with E-state index in [1.165, 1.54) is 25.3 Å². The fraction of sp³-hybridized carbons (Fsp3) is 0.462. The minimum atomic E-state index is -0.729. The molecule has 0 saturated heterocycles. The molecule has 0 aromatic heterocycles. The average molecular weight is 319 g/mol. The fourth-order valence-corrected chi connectivity index (χ4v) is 1.81. The van der Waals surface area contributed by atoms with Crippen molar-refractivity contribution in [3.63, 3.8) is 0 Å². The van der Waals surface area contributed by atoms with Crippen molar-refractivity contribution in [3.05, 3.63) is 28.5 Å². The Morgan fingerprint density at radius 2 is 2.11 bits per heavy atom. The van der Waals surface area contributed by atoms with E-state index < -0.39 is 17.9 Å². The second-order valence-electron chi connectivity index (χ2n) is 4.33. The summed E-state index contributed by atoms with van der Waals surface area (Å²) >= 11 is 3.25. The summed E-state index contributed by atoms with van der Waals surface area (Å²) in [6.07, 6.45) is -0.219. The summed E-state index contributed by atoms with van der Waals surface area (Å²) < 4.78 is 23.9. The summed E-state index contributed by atoms with van der Waals surface area (Å²) in [6, 6.07) is 4.08. The van der Waals surface area contributed by atoms with E-state index in [2.05, 4.69) is 20.7 Å². The van der Waals surface area contributed by atoms with Crippen LogP contribution in [0, 0.1) is 11.7 Å². The Kier molecular flexibility index (Phi) is 5.59. The molecular formula is C13H16BrFO3. The average Bonchev–Trinajstić information content (AvgIpc) is 2.31. The van der Waals surface area contributed by atoms with Crippen molar-refractivity contribution in [1.29, 1.82) is 0 Å². The lowest BCUT2D eigenvalue weighted by atomic mass is 10.1. The highest BCUT2D eigenvalue weighted by Gasteiger charge is 2.23. The van der Waals surface area contributed by atoms with Crippen molar-refractivity contribution < 1.29 is 18.7 Å². The van der Waals surface area contributed by atoms with Gasteiger partial charge in [0.25, 0.3) is 0 Å². The number of esters is 1. The van der Waals surface area contributed by atoms with Crippen LogP contribution in [-0.4, -0.2) is 19.2 Å². The number of rotatable bonds is 5. The minimum absolute atomic E-state index is 0.265. The predicted octanol–water partition coefficient (Wildman–Crippen LogP) is 3.55. The number of hydrogen-bond acceptors (Lipinski definition) is 3. The largest absolute Gasteiger partial charge is 0.477 e. The highest BCUT2D eigenvalue weighted by Crippen LogP contribution is 2.27. The van der Waals surface area contributed by atoms with Crippen molar-refractivity contribution in [1.82, 2.24) is 0 Å². The van der Waals surface area contributed by atoms with Crippen molar-refractivity contribution in [3.8, 4) is 5.75 Å². The molecule has 1 atom stereocenters. The summed E-state index contributed by atoms with van der Waals surface area (Å²) in [6.45, 7) is 3.94. The Hall–Kier alpha value is -1.10. The summed E-state index contributed by atoms with van der Waals surface area (Å²) in [5.41, 5.74) is 0. The van der Waals surface area contributed by atoms with Gasteiger partial charge in [0.1, 0.15) is 11.6 Å². The molecule has 100 valence electrons. The SMILES string of the molecule is COC(=O)[C@H](CC(C)C)Oc1cc(F)ccc1Br. The molecule has 0 saturated carbocycles. The van der Waals surface area contributed by atoms with Gasteiger partial charge in [-0.2, -0.15) is 0 Å². The van der Waals surface area contributed by atoms with Crippen LogP contribution in [0.5, 0.6) is 5.75 Å². The first-order chi connectivity index (χ1) is 8.43. The summed E-state index contributed by atoms with van der Waals surface area (Å²) in [4.78, 5) is 11.6. The second kappa shape index (κ2) is 6.73. The van der Waals surface area contributed by atoms with Crippen LogP contribution in [0.1, 0.15) is 20.3 Å². The summed E-state index contributed by atoms with van der Waals surface area (Å²) in [5, 5.41) is 0. The molecule has 1 aromatic carbocycles. The van der Waals surface area contributed by atoms with Crippen LogP contribution in [0.25, 0.3) is 0 Å². The zero-order chi connectivity index (χ0) is 13.7. The topological polar surface area (TPSA) is 35.5 Å². The van der Waals surface area contributed by atoms with E-state index in [4.69, 9.17) is 4.74 Å². The number of halogens is 2. The van der Waals surface area contributed by atoms with Crippen LogP contribution in [0.2, 0.25) is 0 Å².